The second-order valence-corrected chi connectivity index (χ2v) is 9.52. The number of pyridine rings is 1. The third-order valence-electron chi connectivity index (χ3n) is 6.64. The van der Waals surface area contributed by atoms with Crippen molar-refractivity contribution in [1.82, 2.24) is 4.98 Å². The summed E-state index contributed by atoms with van der Waals surface area (Å²) in [5.74, 6) is -0.694. The van der Waals surface area contributed by atoms with Crippen LogP contribution in [0.15, 0.2) is 72.8 Å². The Labute approximate surface area is 250 Å². The first kappa shape index (κ1) is 31.6. The standard InChI is InChI=1S/C24H24N4O2.C8H6N2O.ClH/c1-3-30-20-10-11-28(15-20)23-12-16(2)26-22-13-19(8-9-21(22)23)27-24(29)18-6-4-17(14-25)5-7-18;9-5-6-1-3-7(4-2-6)8(10)11;/h4-9,12-13,20H,3,10-11,15H2,1-2H3,(H,27,29);1-4H,(H2,10,11);1H/t20-;;/m0../s1. The minimum Gasteiger partial charge on any atom is -0.377 e. The number of rotatable bonds is 6. The quantitative estimate of drug-likeness (QED) is 0.311. The Hall–Kier alpha value is -4.96. The van der Waals surface area contributed by atoms with E-state index in [4.69, 9.17) is 21.0 Å². The van der Waals surface area contributed by atoms with Gasteiger partial charge in [0.1, 0.15) is 0 Å². The summed E-state index contributed by atoms with van der Waals surface area (Å²) in [5, 5.41) is 21.3. The van der Waals surface area contributed by atoms with Crippen molar-refractivity contribution in [3.8, 4) is 12.1 Å². The van der Waals surface area contributed by atoms with Gasteiger partial charge in [-0.25, -0.2) is 0 Å². The monoisotopic (exact) mass is 582 g/mol. The van der Waals surface area contributed by atoms with E-state index < -0.39 is 5.91 Å². The Morgan fingerprint density at radius 1 is 1.00 bits per heavy atom. The molecule has 1 fully saturated rings. The van der Waals surface area contributed by atoms with E-state index >= 15 is 0 Å². The molecule has 3 N–H and O–H groups in total. The summed E-state index contributed by atoms with van der Waals surface area (Å²) in [6, 6.07) is 24.7. The molecule has 0 radical (unpaired) electrons. The summed E-state index contributed by atoms with van der Waals surface area (Å²) in [5.41, 5.74) is 10.6. The highest BCUT2D eigenvalue weighted by Gasteiger charge is 2.24. The van der Waals surface area contributed by atoms with Gasteiger partial charge < -0.3 is 20.7 Å². The van der Waals surface area contributed by atoms with Crippen LogP contribution in [-0.4, -0.2) is 42.6 Å². The van der Waals surface area contributed by atoms with Gasteiger partial charge in [-0.05, 0) is 93.1 Å². The number of nitrogens with two attached hydrogens (primary N) is 1. The molecule has 0 saturated carbocycles. The number of aryl methyl sites for hydroxylation is 1. The minimum atomic E-state index is -0.477. The van der Waals surface area contributed by atoms with Gasteiger partial charge >= 0.3 is 0 Å². The van der Waals surface area contributed by atoms with Gasteiger partial charge in [0.25, 0.3) is 5.91 Å². The predicted molar refractivity (Wildman–Crippen MR) is 165 cm³/mol. The van der Waals surface area contributed by atoms with Crippen molar-refractivity contribution in [3.63, 3.8) is 0 Å². The highest BCUT2D eigenvalue weighted by atomic mass is 35.5. The van der Waals surface area contributed by atoms with E-state index in [0.717, 1.165) is 48.4 Å². The van der Waals surface area contributed by atoms with Crippen molar-refractivity contribution in [1.29, 1.82) is 10.5 Å². The summed E-state index contributed by atoms with van der Waals surface area (Å²) >= 11 is 0. The van der Waals surface area contributed by atoms with E-state index in [9.17, 15) is 9.59 Å². The average molecular weight is 583 g/mol. The van der Waals surface area contributed by atoms with Gasteiger partial charge in [0.15, 0.2) is 0 Å². The normalized spacial score (nSPS) is 13.6. The molecule has 42 heavy (non-hydrogen) atoms. The lowest BCUT2D eigenvalue weighted by Crippen LogP contribution is -2.23. The molecule has 3 aromatic carbocycles. The lowest BCUT2D eigenvalue weighted by atomic mass is 10.1. The van der Waals surface area contributed by atoms with Crippen LogP contribution in [0.4, 0.5) is 11.4 Å². The number of nitriles is 2. The molecule has 0 unspecified atom stereocenters. The van der Waals surface area contributed by atoms with E-state index in [1.54, 1.807) is 36.4 Å². The number of carbonyl (C=O) groups is 2. The molecule has 1 aliphatic heterocycles. The van der Waals surface area contributed by atoms with Crippen molar-refractivity contribution in [2.45, 2.75) is 26.4 Å². The van der Waals surface area contributed by atoms with Crippen LogP contribution in [0.3, 0.4) is 0 Å². The number of halogens is 1. The second-order valence-electron chi connectivity index (χ2n) is 9.52. The van der Waals surface area contributed by atoms with Crippen molar-refractivity contribution < 1.29 is 14.3 Å². The van der Waals surface area contributed by atoms with E-state index in [2.05, 4.69) is 27.3 Å². The fraction of sp³-hybridized carbons (Fsp3) is 0.219. The molecule has 0 aliphatic carbocycles. The van der Waals surface area contributed by atoms with Crippen LogP contribution in [0.2, 0.25) is 0 Å². The maximum Gasteiger partial charge on any atom is 0.255 e. The molecule has 1 aromatic heterocycles. The summed E-state index contributed by atoms with van der Waals surface area (Å²) < 4.78 is 5.79. The molecule has 1 saturated heterocycles. The number of nitrogens with zero attached hydrogens (tertiary/aromatic N) is 4. The summed E-state index contributed by atoms with van der Waals surface area (Å²) in [4.78, 5) is 30.1. The molecule has 4 aromatic rings. The molecule has 1 aliphatic rings. The number of amides is 2. The summed E-state index contributed by atoms with van der Waals surface area (Å²) in [6.45, 7) is 6.59. The number of hydrogen-bond acceptors (Lipinski definition) is 7. The van der Waals surface area contributed by atoms with Gasteiger partial charge in [-0.2, -0.15) is 10.5 Å². The van der Waals surface area contributed by atoms with E-state index in [0.29, 0.717) is 27.9 Å². The highest BCUT2D eigenvalue weighted by molar-refractivity contribution is 6.05. The van der Waals surface area contributed by atoms with Crippen LogP contribution in [-0.2, 0) is 4.74 Å². The number of hydrogen-bond donors (Lipinski definition) is 2. The molecule has 0 spiro atoms. The smallest absolute Gasteiger partial charge is 0.255 e. The second kappa shape index (κ2) is 14.6. The Morgan fingerprint density at radius 3 is 2.19 bits per heavy atom. The molecule has 10 heteroatoms. The average Bonchev–Trinajstić information content (AvgIpc) is 3.45. The van der Waals surface area contributed by atoms with Gasteiger partial charge in [0.05, 0.1) is 34.9 Å². The van der Waals surface area contributed by atoms with Crippen LogP contribution in [0.25, 0.3) is 10.9 Å². The molecule has 0 bridgehead atoms. The molecular formula is C32H31ClN6O3. The zero-order chi connectivity index (χ0) is 29.4. The number of primary amides is 1. The molecule has 1 atom stereocenters. The molecule has 2 amide bonds. The van der Waals surface area contributed by atoms with Crippen molar-refractivity contribution >= 4 is 46.5 Å². The van der Waals surface area contributed by atoms with Gasteiger partial charge in [-0.1, -0.05) is 0 Å². The first-order valence-electron chi connectivity index (χ1n) is 13.2. The fourth-order valence-corrected chi connectivity index (χ4v) is 4.61. The van der Waals surface area contributed by atoms with Gasteiger partial charge in [-0.15, -0.1) is 12.4 Å². The molecule has 9 nitrogen and oxygen atoms in total. The number of fused-ring (bicyclic) bond motifs is 1. The molecular weight excluding hydrogens is 552 g/mol. The summed E-state index contributed by atoms with van der Waals surface area (Å²) in [7, 11) is 0. The van der Waals surface area contributed by atoms with Gasteiger partial charge in [0, 0.05) is 53.3 Å². The number of nitrogens with one attached hydrogen (secondary N) is 1. The SMILES string of the molecule is CCO[C@H]1CCN(c2cc(C)nc3cc(NC(=O)c4ccc(C#N)cc4)ccc23)C1.Cl.N#Cc1ccc(C(N)=O)cc1. The van der Waals surface area contributed by atoms with Crippen LogP contribution >= 0.6 is 12.4 Å². The number of aromatic nitrogens is 1. The fourth-order valence-electron chi connectivity index (χ4n) is 4.61. The molecule has 5 rings (SSSR count). The first-order chi connectivity index (χ1) is 19.8. The third-order valence-corrected chi connectivity index (χ3v) is 6.64. The van der Waals surface area contributed by atoms with E-state index in [-0.39, 0.29) is 24.4 Å². The number of carbonyl (C=O) groups excluding carboxylic acids is 2. The maximum atomic E-state index is 12.6. The first-order valence-corrected chi connectivity index (χ1v) is 13.2. The molecule has 2 heterocycles. The van der Waals surface area contributed by atoms with Crippen LogP contribution in [0.5, 0.6) is 0 Å². The largest absolute Gasteiger partial charge is 0.377 e. The predicted octanol–water partition coefficient (Wildman–Crippen LogP) is 5.36. The Bertz CT molecular complexity index is 1640. The van der Waals surface area contributed by atoms with Crippen LogP contribution < -0.4 is 16.0 Å². The maximum absolute atomic E-state index is 12.6. The van der Waals surface area contributed by atoms with E-state index in [1.807, 2.05) is 38.1 Å². The van der Waals surface area contributed by atoms with Crippen molar-refractivity contribution in [3.05, 3.63) is 101 Å². The van der Waals surface area contributed by atoms with Gasteiger partial charge in [0.2, 0.25) is 5.91 Å². The molecule has 214 valence electrons. The van der Waals surface area contributed by atoms with Gasteiger partial charge in [-0.3, -0.25) is 14.6 Å². The Morgan fingerprint density at radius 2 is 1.62 bits per heavy atom. The van der Waals surface area contributed by atoms with Crippen LogP contribution in [0.1, 0.15) is 50.9 Å². The summed E-state index contributed by atoms with van der Waals surface area (Å²) in [6.07, 6.45) is 1.29. The number of ether oxygens (including phenoxy) is 1. The highest BCUT2D eigenvalue weighted by Crippen LogP contribution is 2.31. The number of benzene rings is 3. The lowest BCUT2D eigenvalue weighted by Gasteiger charge is -2.21. The van der Waals surface area contributed by atoms with Crippen molar-refractivity contribution in [2.75, 3.05) is 29.9 Å². The topological polar surface area (TPSA) is 145 Å². The van der Waals surface area contributed by atoms with Crippen molar-refractivity contribution in [2.24, 2.45) is 5.73 Å². The minimum absolute atomic E-state index is 0. The third kappa shape index (κ3) is 7.82. The Balaban J connectivity index is 0.000000342. The number of anilines is 2. The van der Waals surface area contributed by atoms with E-state index in [1.165, 1.54) is 12.1 Å². The Kier molecular flexibility index (Phi) is 11.0. The lowest BCUT2D eigenvalue weighted by molar-refractivity contribution is 0.0787. The van der Waals surface area contributed by atoms with Crippen LogP contribution in [0, 0.1) is 29.6 Å². The zero-order valence-electron chi connectivity index (χ0n) is 23.3. The zero-order valence-corrected chi connectivity index (χ0v) is 24.1.